The smallest absolute Gasteiger partial charge is 0.173 e. The molecular weight excluding hydrogens is 296 g/mol. The van der Waals surface area contributed by atoms with Crippen molar-refractivity contribution in [2.75, 3.05) is 0 Å². The number of rotatable bonds is 2. The minimum Gasteiger partial charge on any atom is -0.457 e. The highest BCUT2D eigenvalue weighted by Crippen LogP contribution is 2.39. The zero-order valence-electron chi connectivity index (χ0n) is 8.38. The second kappa shape index (κ2) is 4.32. The van der Waals surface area contributed by atoms with Crippen LogP contribution in [-0.4, -0.2) is 0 Å². The molecule has 2 rings (SSSR count). The number of alkyl halides is 1. The zero-order chi connectivity index (χ0) is 11.0. The van der Waals surface area contributed by atoms with Gasteiger partial charge in [0.2, 0.25) is 0 Å². The van der Waals surface area contributed by atoms with Crippen molar-refractivity contribution in [2.45, 2.75) is 19.2 Å². The highest BCUT2D eigenvalue weighted by molar-refractivity contribution is 9.10. The van der Waals surface area contributed by atoms with Gasteiger partial charge in [0.15, 0.2) is 4.67 Å². The third kappa shape index (κ3) is 2.14. The molecule has 0 spiro atoms. The fraction of sp³-hybridized carbons (Fsp3) is 0.273. The molecule has 0 saturated carbocycles. The third-order valence-corrected chi connectivity index (χ3v) is 4.67. The minimum atomic E-state index is -0.128. The van der Waals surface area contributed by atoms with Gasteiger partial charge in [-0.1, -0.05) is 0 Å². The van der Waals surface area contributed by atoms with Crippen LogP contribution in [0.25, 0.3) is 0 Å². The van der Waals surface area contributed by atoms with Crippen molar-refractivity contribution >= 4 is 38.9 Å². The second-order valence-corrected chi connectivity index (χ2v) is 5.86. The molecule has 2 aromatic heterocycles. The topological polar surface area (TPSA) is 13.1 Å². The largest absolute Gasteiger partial charge is 0.457 e. The molecule has 0 radical (unpaired) electrons. The van der Waals surface area contributed by atoms with Crippen LogP contribution in [0.3, 0.4) is 0 Å². The molecule has 0 fully saturated rings. The average Bonchev–Trinajstić information content (AvgIpc) is 2.71. The summed E-state index contributed by atoms with van der Waals surface area (Å²) in [5, 5.41) is -0.128. The van der Waals surface area contributed by atoms with Gasteiger partial charge in [0, 0.05) is 15.3 Å². The molecular formula is C11H10BrClOS. The Morgan fingerprint density at radius 1 is 1.47 bits per heavy atom. The van der Waals surface area contributed by atoms with E-state index in [0.29, 0.717) is 4.67 Å². The van der Waals surface area contributed by atoms with E-state index in [0.717, 1.165) is 5.56 Å². The van der Waals surface area contributed by atoms with E-state index in [-0.39, 0.29) is 5.38 Å². The second-order valence-electron chi connectivity index (χ2n) is 3.42. The highest BCUT2D eigenvalue weighted by atomic mass is 79.9. The molecule has 4 heteroatoms. The quantitative estimate of drug-likeness (QED) is 0.708. The summed E-state index contributed by atoms with van der Waals surface area (Å²) < 4.78 is 5.91. The van der Waals surface area contributed by atoms with Crippen LogP contribution in [0.4, 0.5) is 0 Å². The van der Waals surface area contributed by atoms with Gasteiger partial charge < -0.3 is 4.42 Å². The maximum atomic E-state index is 6.42. The van der Waals surface area contributed by atoms with E-state index < -0.39 is 0 Å². The Balaban J connectivity index is 2.40. The van der Waals surface area contributed by atoms with Crippen LogP contribution in [-0.2, 0) is 0 Å². The van der Waals surface area contributed by atoms with Crippen molar-refractivity contribution in [3.05, 3.63) is 43.9 Å². The lowest BCUT2D eigenvalue weighted by Crippen LogP contribution is -1.90. The van der Waals surface area contributed by atoms with Gasteiger partial charge >= 0.3 is 0 Å². The Morgan fingerprint density at radius 2 is 2.20 bits per heavy atom. The van der Waals surface area contributed by atoms with Crippen molar-refractivity contribution in [1.82, 2.24) is 0 Å². The van der Waals surface area contributed by atoms with Crippen molar-refractivity contribution in [1.29, 1.82) is 0 Å². The first-order chi connectivity index (χ1) is 7.09. The summed E-state index contributed by atoms with van der Waals surface area (Å²) >= 11 is 11.5. The molecule has 1 atom stereocenters. The molecule has 1 unspecified atom stereocenters. The van der Waals surface area contributed by atoms with E-state index in [1.54, 1.807) is 17.6 Å². The van der Waals surface area contributed by atoms with Crippen LogP contribution in [0, 0.1) is 13.8 Å². The first-order valence-electron chi connectivity index (χ1n) is 4.53. The number of halogens is 2. The van der Waals surface area contributed by atoms with Crippen LogP contribution in [0.5, 0.6) is 0 Å². The normalized spacial score (nSPS) is 13.1. The first-order valence-corrected chi connectivity index (χ1v) is 6.58. The summed E-state index contributed by atoms with van der Waals surface area (Å²) in [7, 11) is 0. The maximum absolute atomic E-state index is 6.42. The third-order valence-electron chi connectivity index (χ3n) is 2.23. The number of furan rings is 1. The lowest BCUT2D eigenvalue weighted by molar-refractivity contribution is 0.537. The van der Waals surface area contributed by atoms with E-state index in [2.05, 4.69) is 35.8 Å². The number of hydrogen-bond donors (Lipinski definition) is 0. The summed E-state index contributed by atoms with van der Waals surface area (Å²) in [5.74, 6) is 0. The molecule has 0 aliphatic carbocycles. The van der Waals surface area contributed by atoms with Gasteiger partial charge in [-0.25, -0.2) is 0 Å². The van der Waals surface area contributed by atoms with Crippen molar-refractivity contribution in [2.24, 2.45) is 0 Å². The van der Waals surface area contributed by atoms with Gasteiger partial charge in [-0.2, -0.15) is 0 Å². The molecule has 0 aromatic carbocycles. The van der Waals surface area contributed by atoms with Crippen molar-refractivity contribution < 1.29 is 4.42 Å². The van der Waals surface area contributed by atoms with Gasteiger partial charge in [-0.3, -0.25) is 0 Å². The minimum absolute atomic E-state index is 0.128. The molecule has 1 nitrogen and oxygen atoms in total. The van der Waals surface area contributed by atoms with E-state index in [1.165, 1.54) is 15.3 Å². The van der Waals surface area contributed by atoms with Gasteiger partial charge in [0.25, 0.3) is 0 Å². The fourth-order valence-electron chi connectivity index (χ4n) is 1.54. The summed E-state index contributed by atoms with van der Waals surface area (Å²) in [6.07, 6.45) is 1.64. The summed E-state index contributed by atoms with van der Waals surface area (Å²) in [5.41, 5.74) is 2.23. The van der Waals surface area contributed by atoms with E-state index in [9.17, 15) is 0 Å². The Hall–Kier alpha value is -0.250. The highest BCUT2D eigenvalue weighted by Gasteiger charge is 2.19. The molecule has 2 aromatic rings. The van der Waals surface area contributed by atoms with E-state index in [4.69, 9.17) is 16.0 Å². The SMILES string of the molecule is Cc1cc(C)c(C(Cl)c2ccoc2Br)s1. The Morgan fingerprint density at radius 3 is 2.67 bits per heavy atom. The van der Waals surface area contributed by atoms with E-state index >= 15 is 0 Å². The molecule has 0 saturated heterocycles. The number of aryl methyl sites for hydroxylation is 2. The molecule has 2 heterocycles. The van der Waals surface area contributed by atoms with Gasteiger partial charge in [0.1, 0.15) is 0 Å². The molecule has 0 aliphatic heterocycles. The first kappa shape index (κ1) is 11.2. The monoisotopic (exact) mass is 304 g/mol. The van der Waals surface area contributed by atoms with Gasteiger partial charge in [-0.05, 0) is 47.5 Å². The molecule has 0 bridgehead atoms. The molecule has 0 N–H and O–H groups in total. The predicted octanol–water partition coefficient (Wildman–Crippen LogP) is 5.05. The number of hydrogen-bond acceptors (Lipinski definition) is 2. The molecule has 0 amide bonds. The molecule has 80 valence electrons. The maximum Gasteiger partial charge on any atom is 0.173 e. The molecule has 0 aliphatic rings. The summed E-state index contributed by atoms with van der Waals surface area (Å²) in [4.78, 5) is 2.48. The Bertz CT molecular complexity index is 475. The van der Waals surface area contributed by atoms with Crippen molar-refractivity contribution in [3.63, 3.8) is 0 Å². The summed E-state index contributed by atoms with van der Waals surface area (Å²) in [6.45, 7) is 4.18. The van der Waals surface area contributed by atoms with Gasteiger partial charge in [0.05, 0.1) is 11.6 Å². The molecule has 15 heavy (non-hydrogen) atoms. The van der Waals surface area contributed by atoms with Crippen LogP contribution < -0.4 is 0 Å². The van der Waals surface area contributed by atoms with Crippen LogP contribution in [0.15, 0.2) is 27.5 Å². The fourth-order valence-corrected chi connectivity index (χ4v) is 3.65. The van der Waals surface area contributed by atoms with Crippen LogP contribution in [0.1, 0.15) is 26.3 Å². The van der Waals surface area contributed by atoms with E-state index in [1.807, 2.05) is 6.07 Å². The van der Waals surface area contributed by atoms with Crippen molar-refractivity contribution in [3.8, 4) is 0 Å². The van der Waals surface area contributed by atoms with Crippen LogP contribution >= 0.6 is 38.9 Å². The van der Waals surface area contributed by atoms with Gasteiger partial charge in [-0.15, -0.1) is 22.9 Å². The predicted molar refractivity (Wildman–Crippen MR) is 67.9 cm³/mol. The van der Waals surface area contributed by atoms with Crippen LogP contribution in [0.2, 0.25) is 0 Å². The Kier molecular flexibility index (Phi) is 3.24. The average molecular weight is 306 g/mol. The standard InChI is InChI=1S/C11H10BrClOS/c1-6-5-7(2)15-10(6)9(13)8-3-4-14-11(8)12/h3-5,9H,1-2H3. The Labute approximate surface area is 106 Å². The number of thiophene rings is 1. The lowest BCUT2D eigenvalue weighted by atomic mass is 10.1. The summed E-state index contributed by atoms with van der Waals surface area (Å²) in [6, 6.07) is 4.06. The lowest BCUT2D eigenvalue weighted by Gasteiger charge is -2.06. The zero-order valence-corrected chi connectivity index (χ0v) is 11.5.